The Balaban J connectivity index is 0.00000341. The van der Waals surface area contributed by atoms with Crippen LogP contribution in [0.25, 0.3) is 5.69 Å². The third-order valence-electron chi connectivity index (χ3n) is 5.47. The van der Waals surface area contributed by atoms with E-state index in [9.17, 15) is 0 Å². The summed E-state index contributed by atoms with van der Waals surface area (Å²) in [5, 5.41) is 11.5. The van der Waals surface area contributed by atoms with Gasteiger partial charge in [-0.3, -0.25) is 4.99 Å². The standard InChI is InChI=1S/C23H35N5O2.HI/c1-23(2,3)21-17(7-6-14-30-21)15-25-22(24-4)26-16-18-12-13-28(27-18)19-8-10-20(29-5)11-9-19;/h8-13,17,21H,6-7,14-16H2,1-5H3,(H2,24,25,26);1H. The zero-order chi connectivity index (χ0) is 21.6. The lowest BCUT2D eigenvalue weighted by atomic mass is 9.78. The van der Waals surface area contributed by atoms with Crippen molar-refractivity contribution in [3.63, 3.8) is 0 Å². The van der Waals surface area contributed by atoms with E-state index in [4.69, 9.17) is 9.47 Å². The fourth-order valence-corrected chi connectivity index (χ4v) is 3.97. The van der Waals surface area contributed by atoms with Crippen LogP contribution in [0.1, 0.15) is 39.3 Å². The molecule has 0 amide bonds. The first-order chi connectivity index (χ1) is 14.4. The van der Waals surface area contributed by atoms with Gasteiger partial charge in [0.25, 0.3) is 0 Å². The third kappa shape index (κ3) is 7.10. The Morgan fingerprint density at radius 1 is 1.23 bits per heavy atom. The van der Waals surface area contributed by atoms with E-state index in [-0.39, 0.29) is 35.5 Å². The second-order valence-corrected chi connectivity index (χ2v) is 8.82. The van der Waals surface area contributed by atoms with E-state index in [1.54, 1.807) is 14.2 Å². The zero-order valence-corrected chi connectivity index (χ0v) is 21.6. The number of nitrogens with one attached hydrogen (secondary N) is 2. The van der Waals surface area contributed by atoms with E-state index >= 15 is 0 Å². The summed E-state index contributed by atoms with van der Waals surface area (Å²) in [4.78, 5) is 4.36. The van der Waals surface area contributed by atoms with Gasteiger partial charge >= 0.3 is 0 Å². The van der Waals surface area contributed by atoms with Gasteiger partial charge < -0.3 is 20.1 Å². The highest BCUT2D eigenvalue weighted by molar-refractivity contribution is 14.0. The monoisotopic (exact) mass is 541 g/mol. The van der Waals surface area contributed by atoms with Crippen molar-refractivity contribution in [1.29, 1.82) is 0 Å². The third-order valence-corrected chi connectivity index (χ3v) is 5.47. The highest BCUT2D eigenvalue weighted by Gasteiger charge is 2.35. The molecule has 3 rings (SSSR count). The van der Waals surface area contributed by atoms with E-state index in [0.29, 0.717) is 12.5 Å². The van der Waals surface area contributed by atoms with Crippen LogP contribution in [0.4, 0.5) is 0 Å². The minimum Gasteiger partial charge on any atom is -0.497 e. The van der Waals surface area contributed by atoms with E-state index < -0.39 is 0 Å². The van der Waals surface area contributed by atoms with Gasteiger partial charge in [0, 0.05) is 32.3 Å². The predicted molar refractivity (Wildman–Crippen MR) is 136 cm³/mol. The largest absolute Gasteiger partial charge is 0.497 e. The Morgan fingerprint density at radius 2 is 1.97 bits per heavy atom. The van der Waals surface area contributed by atoms with Gasteiger partial charge in [0.05, 0.1) is 31.1 Å². The van der Waals surface area contributed by atoms with E-state index in [0.717, 1.165) is 42.7 Å². The summed E-state index contributed by atoms with van der Waals surface area (Å²) in [6.07, 6.45) is 4.52. The number of rotatable bonds is 6. The second-order valence-electron chi connectivity index (χ2n) is 8.82. The van der Waals surface area contributed by atoms with Crippen molar-refractivity contribution in [2.75, 3.05) is 27.3 Å². The van der Waals surface area contributed by atoms with Crippen LogP contribution < -0.4 is 15.4 Å². The van der Waals surface area contributed by atoms with Crippen LogP contribution in [0, 0.1) is 11.3 Å². The summed E-state index contributed by atoms with van der Waals surface area (Å²) in [5.74, 6) is 2.10. The summed E-state index contributed by atoms with van der Waals surface area (Å²) in [7, 11) is 3.46. The molecule has 1 fully saturated rings. The van der Waals surface area contributed by atoms with Crippen molar-refractivity contribution in [2.24, 2.45) is 16.3 Å². The summed E-state index contributed by atoms with van der Waals surface area (Å²) in [6, 6.07) is 9.85. The lowest BCUT2D eigenvalue weighted by Crippen LogP contribution is -2.47. The molecule has 0 radical (unpaired) electrons. The molecule has 8 heteroatoms. The molecule has 1 saturated heterocycles. The first kappa shape index (κ1) is 25.5. The highest BCUT2D eigenvalue weighted by Crippen LogP contribution is 2.33. The van der Waals surface area contributed by atoms with Gasteiger partial charge in [0.15, 0.2) is 5.96 Å². The second kappa shape index (κ2) is 11.7. The molecular weight excluding hydrogens is 505 g/mol. The predicted octanol–water partition coefficient (Wildman–Crippen LogP) is 4.01. The Bertz CT molecular complexity index is 829. The number of ether oxygens (including phenoxy) is 2. The number of hydrogen-bond acceptors (Lipinski definition) is 4. The smallest absolute Gasteiger partial charge is 0.191 e. The summed E-state index contributed by atoms with van der Waals surface area (Å²) >= 11 is 0. The van der Waals surface area contributed by atoms with Crippen molar-refractivity contribution < 1.29 is 9.47 Å². The average Bonchev–Trinajstić information content (AvgIpc) is 3.22. The number of halogens is 1. The van der Waals surface area contributed by atoms with Crippen molar-refractivity contribution in [3.05, 3.63) is 42.2 Å². The summed E-state index contributed by atoms with van der Waals surface area (Å²) in [6.45, 7) is 9.07. The van der Waals surface area contributed by atoms with Gasteiger partial charge in [-0.15, -0.1) is 24.0 Å². The van der Waals surface area contributed by atoms with Gasteiger partial charge in [0.1, 0.15) is 5.75 Å². The lowest BCUT2D eigenvalue weighted by molar-refractivity contribution is -0.0835. The molecule has 0 spiro atoms. The number of guanidine groups is 1. The van der Waals surface area contributed by atoms with Gasteiger partial charge in [-0.2, -0.15) is 5.10 Å². The van der Waals surface area contributed by atoms with Crippen LogP contribution in [-0.4, -0.2) is 49.2 Å². The topological polar surface area (TPSA) is 72.7 Å². The zero-order valence-electron chi connectivity index (χ0n) is 19.2. The number of aromatic nitrogens is 2. The van der Waals surface area contributed by atoms with Crippen molar-refractivity contribution in [3.8, 4) is 11.4 Å². The van der Waals surface area contributed by atoms with Crippen molar-refractivity contribution in [2.45, 2.75) is 46.3 Å². The molecule has 172 valence electrons. The Kier molecular flexibility index (Phi) is 9.61. The van der Waals surface area contributed by atoms with Gasteiger partial charge in [-0.1, -0.05) is 20.8 Å². The number of hydrogen-bond donors (Lipinski definition) is 2. The molecule has 31 heavy (non-hydrogen) atoms. The highest BCUT2D eigenvalue weighted by atomic mass is 127. The Morgan fingerprint density at radius 3 is 2.61 bits per heavy atom. The molecule has 1 aliphatic heterocycles. The maximum atomic E-state index is 6.09. The molecule has 2 heterocycles. The number of nitrogens with zero attached hydrogens (tertiary/aromatic N) is 3. The SMILES string of the molecule is CN=C(NCc1ccn(-c2ccc(OC)cc2)n1)NCC1CCCOC1C(C)(C)C.I. The maximum Gasteiger partial charge on any atom is 0.191 e. The van der Waals surface area contributed by atoms with Crippen molar-refractivity contribution >= 4 is 29.9 Å². The molecule has 1 aromatic heterocycles. The van der Waals surface area contributed by atoms with E-state index in [1.807, 2.05) is 41.2 Å². The van der Waals surface area contributed by atoms with Crippen molar-refractivity contribution in [1.82, 2.24) is 20.4 Å². The fourth-order valence-electron chi connectivity index (χ4n) is 3.97. The number of benzene rings is 1. The van der Waals surface area contributed by atoms with Crippen LogP contribution in [0.15, 0.2) is 41.5 Å². The van der Waals surface area contributed by atoms with E-state index in [2.05, 4.69) is 41.5 Å². The maximum absolute atomic E-state index is 6.09. The summed E-state index contributed by atoms with van der Waals surface area (Å²) in [5.41, 5.74) is 2.08. The molecule has 2 unspecified atom stereocenters. The first-order valence-corrected chi connectivity index (χ1v) is 10.7. The van der Waals surface area contributed by atoms with Gasteiger partial charge in [-0.05, 0) is 48.6 Å². The quantitative estimate of drug-likeness (QED) is 0.329. The van der Waals surface area contributed by atoms with Crippen LogP contribution in [0.5, 0.6) is 5.75 Å². The molecule has 0 bridgehead atoms. The molecule has 1 aliphatic rings. The van der Waals surface area contributed by atoms with Gasteiger partial charge in [0.2, 0.25) is 0 Å². The molecule has 0 aliphatic carbocycles. The van der Waals surface area contributed by atoms with Crippen LogP contribution in [0.3, 0.4) is 0 Å². The molecule has 7 nitrogen and oxygen atoms in total. The first-order valence-electron chi connectivity index (χ1n) is 10.7. The molecule has 2 aromatic rings. The average molecular weight is 541 g/mol. The molecule has 0 saturated carbocycles. The van der Waals surface area contributed by atoms with Crippen LogP contribution in [0.2, 0.25) is 0 Å². The number of methoxy groups -OCH3 is 1. The minimum atomic E-state index is 0. The molecule has 1 aromatic carbocycles. The molecular formula is C23H36IN5O2. The Labute approximate surface area is 203 Å². The van der Waals surface area contributed by atoms with Crippen LogP contribution >= 0.6 is 24.0 Å². The fraction of sp³-hybridized carbons (Fsp3) is 0.565. The summed E-state index contributed by atoms with van der Waals surface area (Å²) < 4.78 is 13.2. The number of aliphatic imine (C=N–C) groups is 1. The Hall–Kier alpha value is -1.81. The minimum absolute atomic E-state index is 0. The van der Waals surface area contributed by atoms with Gasteiger partial charge in [-0.25, -0.2) is 4.68 Å². The molecule has 2 atom stereocenters. The van der Waals surface area contributed by atoms with Crippen LogP contribution in [-0.2, 0) is 11.3 Å². The molecule has 2 N–H and O–H groups in total. The normalized spacial score (nSPS) is 19.5. The van der Waals surface area contributed by atoms with E-state index in [1.165, 1.54) is 6.42 Å². The lowest BCUT2D eigenvalue weighted by Gasteiger charge is -2.40.